The number of amides is 2. The lowest BCUT2D eigenvalue weighted by Crippen LogP contribution is -2.53. The van der Waals surface area contributed by atoms with Crippen molar-refractivity contribution in [1.29, 1.82) is 0 Å². The maximum Gasteiger partial charge on any atom is 0.244 e. The SMILES string of the molecule is COCCNC(=O)Cn1cc(NC(=O)[C@H]2NCCO[C@@H]2C)cn1. The van der Waals surface area contributed by atoms with E-state index in [4.69, 9.17) is 9.47 Å². The van der Waals surface area contributed by atoms with Gasteiger partial charge in [0.2, 0.25) is 11.8 Å². The molecule has 1 aliphatic heterocycles. The lowest BCUT2D eigenvalue weighted by Gasteiger charge is -2.29. The number of aromatic nitrogens is 2. The Labute approximate surface area is 134 Å². The van der Waals surface area contributed by atoms with Gasteiger partial charge in [0.15, 0.2) is 0 Å². The second-order valence-corrected chi connectivity index (χ2v) is 5.27. The van der Waals surface area contributed by atoms with Crippen LogP contribution in [0, 0.1) is 0 Å². The van der Waals surface area contributed by atoms with Crippen molar-refractivity contribution < 1.29 is 19.1 Å². The van der Waals surface area contributed by atoms with Gasteiger partial charge in [0.1, 0.15) is 12.6 Å². The van der Waals surface area contributed by atoms with Crippen LogP contribution in [-0.4, -0.2) is 67.2 Å². The molecular weight excluding hydrogens is 302 g/mol. The van der Waals surface area contributed by atoms with Crippen LogP contribution in [0.2, 0.25) is 0 Å². The molecule has 2 atom stereocenters. The van der Waals surface area contributed by atoms with Gasteiger partial charge in [-0.1, -0.05) is 0 Å². The molecule has 23 heavy (non-hydrogen) atoms. The highest BCUT2D eigenvalue weighted by atomic mass is 16.5. The Bertz CT molecular complexity index is 533. The van der Waals surface area contributed by atoms with Crippen molar-refractivity contribution in [1.82, 2.24) is 20.4 Å². The molecule has 128 valence electrons. The summed E-state index contributed by atoms with van der Waals surface area (Å²) in [5.41, 5.74) is 0.541. The second-order valence-electron chi connectivity index (χ2n) is 5.27. The summed E-state index contributed by atoms with van der Waals surface area (Å²) in [4.78, 5) is 23.9. The predicted molar refractivity (Wildman–Crippen MR) is 82.9 cm³/mol. The molecule has 3 N–H and O–H groups in total. The molecule has 1 aliphatic rings. The standard InChI is InChI=1S/C14H23N5O4/c1-10-13(16-4-6-23-10)14(21)18-11-7-17-19(8-11)9-12(20)15-3-5-22-2/h7-8,10,13,16H,3-6,9H2,1-2H3,(H,15,20)(H,18,21)/t10-,13+/m1/s1. The average molecular weight is 325 g/mol. The van der Waals surface area contributed by atoms with E-state index in [-0.39, 0.29) is 24.5 Å². The third-order valence-electron chi connectivity index (χ3n) is 3.43. The summed E-state index contributed by atoms with van der Waals surface area (Å²) in [6.45, 7) is 4.08. The number of morpholine rings is 1. The maximum atomic E-state index is 12.2. The molecule has 2 rings (SSSR count). The van der Waals surface area contributed by atoms with Crippen LogP contribution in [0.1, 0.15) is 6.92 Å². The van der Waals surface area contributed by atoms with Crippen molar-refractivity contribution in [2.45, 2.75) is 25.6 Å². The summed E-state index contributed by atoms with van der Waals surface area (Å²) in [6.07, 6.45) is 2.93. The molecule has 9 nitrogen and oxygen atoms in total. The summed E-state index contributed by atoms with van der Waals surface area (Å²) in [7, 11) is 1.57. The fourth-order valence-electron chi connectivity index (χ4n) is 2.26. The zero-order chi connectivity index (χ0) is 16.7. The molecule has 0 radical (unpaired) electrons. The fourth-order valence-corrected chi connectivity index (χ4v) is 2.26. The minimum absolute atomic E-state index is 0.0841. The normalized spacial score (nSPS) is 21.0. The summed E-state index contributed by atoms with van der Waals surface area (Å²) in [6, 6.07) is -0.399. The summed E-state index contributed by atoms with van der Waals surface area (Å²) < 4.78 is 11.8. The molecule has 2 heterocycles. The number of nitrogens with one attached hydrogen (secondary N) is 3. The number of nitrogens with zero attached hydrogens (tertiary/aromatic N) is 2. The highest BCUT2D eigenvalue weighted by Crippen LogP contribution is 2.09. The van der Waals surface area contributed by atoms with Crippen LogP contribution in [0.4, 0.5) is 5.69 Å². The monoisotopic (exact) mass is 325 g/mol. The summed E-state index contributed by atoms with van der Waals surface area (Å²) in [5.74, 6) is -0.347. The zero-order valence-corrected chi connectivity index (χ0v) is 13.4. The van der Waals surface area contributed by atoms with Gasteiger partial charge in [0, 0.05) is 26.4 Å². The van der Waals surface area contributed by atoms with Crippen LogP contribution in [0.25, 0.3) is 0 Å². The average Bonchev–Trinajstić information content (AvgIpc) is 2.94. The molecular formula is C14H23N5O4. The number of carbonyl (C=O) groups excluding carboxylic acids is 2. The van der Waals surface area contributed by atoms with Crippen molar-refractivity contribution in [2.24, 2.45) is 0 Å². The minimum Gasteiger partial charge on any atom is -0.383 e. The van der Waals surface area contributed by atoms with Crippen molar-refractivity contribution >= 4 is 17.5 Å². The Morgan fingerprint density at radius 2 is 2.39 bits per heavy atom. The van der Waals surface area contributed by atoms with Crippen LogP contribution in [0.5, 0.6) is 0 Å². The van der Waals surface area contributed by atoms with Gasteiger partial charge in [-0.15, -0.1) is 0 Å². The van der Waals surface area contributed by atoms with E-state index in [9.17, 15) is 9.59 Å². The van der Waals surface area contributed by atoms with E-state index in [0.29, 0.717) is 32.0 Å². The highest BCUT2D eigenvalue weighted by molar-refractivity contribution is 5.95. The van der Waals surface area contributed by atoms with Gasteiger partial charge >= 0.3 is 0 Å². The van der Waals surface area contributed by atoms with E-state index in [2.05, 4.69) is 21.0 Å². The highest BCUT2D eigenvalue weighted by Gasteiger charge is 2.28. The number of hydrogen-bond donors (Lipinski definition) is 3. The van der Waals surface area contributed by atoms with Crippen LogP contribution < -0.4 is 16.0 Å². The Balaban J connectivity index is 1.82. The molecule has 0 bridgehead atoms. The van der Waals surface area contributed by atoms with E-state index < -0.39 is 6.04 Å². The predicted octanol–water partition coefficient (Wildman–Crippen LogP) is -1.04. The first-order valence-corrected chi connectivity index (χ1v) is 7.54. The van der Waals surface area contributed by atoms with Crippen LogP contribution in [0.3, 0.4) is 0 Å². The fraction of sp³-hybridized carbons (Fsp3) is 0.643. The third kappa shape index (κ3) is 5.31. The van der Waals surface area contributed by atoms with Gasteiger partial charge in [-0.05, 0) is 6.92 Å². The van der Waals surface area contributed by atoms with Crippen molar-refractivity contribution in [3.63, 3.8) is 0 Å². The quantitative estimate of drug-likeness (QED) is 0.553. The topological polar surface area (TPSA) is 107 Å². The third-order valence-corrected chi connectivity index (χ3v) is 3.43. The molecule has 9 heteroatoms. The van der Waals surface area contributed by atoms with E-state index in [0.717, 1.165) is 0 Å². The first-order chi connectivity index (χ1) is 11.1. The van der Waals surface area contributed by atoms with Crippen molar-refractivity contribution in [3.8, 4) is 0 Å². The maximum absolute atomic E-state index is 12.2. The number of ether oxygens (including phenoxy) is 2. The smallest absolute Gasteiger partial charge is 0.244 e. The number of carbonyl (C=O) groups is 2. The largest absolute Gasteiger partial charge is 0.383 e. The molecule has 0 aromatic carbocycles. The molecule has 0 spiro atoms. The van der Waals surface area contributed by atoms with Gasteiger partial charge in [-0.3, -0.25) is 14.3 Å². The van der Waals surface area contributed by atoms with E-state index in [1.165, 1.54) is 10.9 Å². The van der Waals surface area contributed by atoms with Gasteiger partial charge in [0.05, 0.1) is 31.2 Å². The van der Waals surface area contributed by atoms with Crippen LogP contribution in [-0.2, 0) is 25.6 Å². The van der Waals surface area contributed by atoms with Gasteiger partial charge in [-0.25, -0.2) is 0 Å². The number of anilines is 1. The second kappa shape index (κ2) is 8.61. The molecule has 1 aromatic heterocycles. The molecule has 1 aromatic rings. The molecule has 2 amide bonds. The summed E-state index contributed by atoms with van der Waals surface area (Å²) in [5, 5.41) is 12.6. The van der Waals surface area contributed by atoms with Crippen LogP contribution in [0.15, 0.2) is 12.4 Å². The first kappa shape index (κ1) is 17.4. The lowest BCUT2D eigenvalue weighted by atomic mass is 10.1. The van der Waals surface area contributed by atoms with Gasteiger partial charge < -0.3 is 25.4 Å². The Morgan fingerprint density at radius 1 is 1.57 bits per heavy atom. The van der Waals surface area contributed by atoms with Gasteiger partial charge in [0.25, 0.3) is 0 Å². The summed E-state index contributed by atoms with van der Waals surface area (Å²) >= 11 is 0. The molecule has 1 fully saturated rings. The molecule has 1 saturated heterocycles. The Kier molecular flexibility index (Phi) is 6.51. The zero-order valence-electron chi connectivity index (χ0n) is 13.4. The number of hydrogen-bond acceptors (Lipinski definition) is 6. The van der Waals surface area contributed by atoms with E-state index in [1.54, 1.807) is 13.3 Å². The van der Waals surface area contributed by atoms with Crippen molar-refractivity contribution in [3.05, 3.63) is 12.4 Å². The number of rotatable bonds is 7. The first-order valence-electron chi connectivity index (χ1n) is 7.54. The lowest BCUT2D eigenvalue weighted by molar-refractivity contribution is -0.124. The minimum atomic E-state index is -0.399. The Hall–Kier alpha value is -1.97. The van der Waals surface area contributed by atoms with Gasteiger partial charge in [-0.2, -0.15) is 5.10 Å². The molecule has 0 saturated carbocycles. The van der Waals surface area contributed by atoms with Crippen LogP contribution >= 0.6 is 0 Å². The van der Waals surface area contributed by atoms with E-state index >= 15 is 0 Å². The van der Waals surface area contributed by atoms with E-state index in [1.807, 2.05) is 6.92 Å². The molecule has 0 unspecified atom stereocenters. The number of methoxy groups -OCH3 is 1. The van der Waals surface area contributed by atoms with Crippen molar-refractivity contribution in [2.75, 3.05) is 38.7 Å². The molecule has 0 aliphatic carbocycles. The Morgan fingerprint density at radius 3 is 3.13 bits per heavy atom.